The van der Waals surface area contributed by atoms with Gasteiger partial charge in [-0.1, -0.05) is 12.1 Å². The predicted molar refractivity (Wildman–Crippen MR) is 96.6 cm³/mol. The average Bonchev–Trinajstić information content (AvgIpc) is 2.93. The molecular formula is C18H17N3O5S. The van der Waals surface area contributed by atoms with Gasteiger partial charge in [-0.3, -0.25) is 14.4 Å². The first-order chi connectivity index (χ1) is 12.8. The van der Waals surface area contributed by atoms with E-state index in [0.717, 1.165) is 5.01 Å². The Balaban J connectivity index is 2.20. The van der Waals surface area contributed by atoms with Crippen molar-refractivity contribution in [1.82, 2.24) is 10.3 Å². The van der Waals surface area contributed by atoms with Crippen molar-refractivity contribution in [2.24, 2.45) is 10.4 Å². The minimum atomic E-state index is -2.03. The standard InChI is InChI=1S/C18H17N3O5S/c1-9-13(27-10(2)20-9)7-18(16(25)19-8-14(22)23)15(24)11-5-3-4-6-12(11)21-17(18)26/h3-6,24H,7-8H2,1-2H3,(H,19,25)(H,22,23). The quantitative estimate of drug-likeness (QED) is 0.620. The molecule has 140 valence electrons. The van der Waals surface area contributed by atoms with Crippen molar-refractivity contribution in [3.63, 3.8) is 0 Å². The molecule has 2 aromatic rings. The largest absolute Gasteiger partial charge is 0.510 e. The topological polar surface area (TPSA) is 129 Å². The number of carbonyl (C=O) groups is 3. The molecule has 27 heavy (non-hydrogen) atoms. The first kappa shape index (κ1) is 18.7. The van der Waals surface area contributed by atoms with E-state index in [9.17, 15) is 19.5 Å². The van der Waals surface area contributed by atoms with Crippen molar-refractivity contribution in [1.29, 1.82) is 0 Å². The van der Waals surface area contributed by atoms with Gasteiger partial charge in [-0.05, 0) is 26.0 Å². The molecule has 1 atom stereocenters. The molecule has 0 spiro atoms. The summed E-state index contributed by atoms with van der Waals surface area (Å²) in [5.74, 6) is -3.45. The van der Waals surface area contributed by atoms with E-state index in [1.807, 2.05) is 0 Å². The summed E-state index contributed by atoms with van der Waals surface area (Å²) in [5.41, 5.74) is -1.39. The Bertz CT molecular complexity index is 1070. The number of aromatic nitrogens is 1. The molecule has 1 aliphatic heterocycles. The minimum Gasteiger partial charge on any atom is -0.510 e. The van der Waals surface area contributed by atoms with Crippen LogP contribution in [-0.2, 0) is 20.8 Å². The van der Waals surface area contributed by atoms with Crippen LogP contribution in [0, 0.1) is 19.3 Å². The number of nitrogens with zero attached hydrogens (tertiary/aromatic N) is 2. The summed E-state index contributed by atoms with van der Waals surface area (Å²) in [5, 5.41) is 23.3. The Labute approximate surface area is 157 Å². The molecule has 0 saturated carbocycles. The molecule has 0 fully saturated rings. The maximum atomic E-state index is 12.9. The summed E-state index contributed by atoms with van der Waals surface area (Å²) < 4.78 is 0. The zero-order chi connectivity index (χ0) is 19.8. The molecule has 0 radical (unpaired) electrons. The van der Waals surface area contributed by atoms with Gasteiger partial charge in [-0.25, -0.2) is 9.98 Å². The number of para-hydroxylation sites is 1. The van der Waals surface area contributed by atoms with Crippen LogP contribution < -0.4 is 15.9 Å². The van der Waals surface area contributed by atoms with Crippen LogP contribution in [0.4, 0.5) is 0 Å². The number of carboxylic acids is 1. The SMILES string of the molecule is Cc1nc(C)c(CC2(C(=O)NCC(=O)O)C(=O)N=c3ccccc3=C2O)s1. The highest BCUT2D eigenvalue weighted by atomic mass is 32.1. The van der Waals surface area contributed by atoms with E-state index >= 15 is 0 Å². The van der Waals surface area contributed by atoms with Crippen LogP contribution in [0.25, 0.3) is 5.76 Å². The van der Waals surface area contributed by atoms with Gasteiger partial charge >= 0.3 is 5.97 Å². The Kier molecular flexibility index (Phi) is 4.79. The Morgan fingerprint density at radius 2 is 1.96 bits per heavy atom. The molecule has 1 aromatic heterocycles. The number of aryl methyl sites for hydroxylation is 2. The summed E-state index contributed by atoms with van der Waals surface area (Å²) >= 11 is 1.31. The van der Waals surface area contributed by atoms with Crippen LogP contribution in [0.15, 0.2) is 29.3 Å². The molecule has 0 aliphatic carbocycles. The lowest BCUT2D eigenvalue weighted by molar-refractivity contribution is -0.143. The highest BCUT2D eigenvalue weighted by Crippen LogP contribution is 2.36. The molecule has 8 nitrogen and oxygen atoms in total. The van der Waals surface area contributed by atoms with Crippen LogP contribution in [0.3, 0.4) is 0 Å². The zero-order valence-corrected chi connectivity index (χ0v) is 15.5. The number of nitrogens with one attached hydrogen (secondary N) is 1. The molecular weight excluding hydrogens is 370 g/mol. The molecule has 1 aliphatic rings. The third kappa shape index (κ3) is 3.21. The number of aliphatic hydroxyl groups is 1. The molecule has 2 amide bonds. The van der Waals surface area contributed by atoms with Crippen LogP contribution in [0.1, 0.15) is 15.6 Å². The molecule has 1 aromatic carbocycles. The fourth-order valence-corrected chi connectivity index (χ4v) is 4.06. The highest BCUT2D eigenvalue weighted by molar-refractivity contribution is 7.11. The van der Waals surface area contributed by atoms with Crippen molar-refractivity contribution in [3.8, 4) is 0 Å². The van der Waals surface area contributed by atoms with Crippen LogP contribution in [0.5, 0.6) is 0 Å². The molecule has 2 heterocycles. The van der Waals surface area contributed by atoms with Gasteiger partial charge in [0.25, 0.3) is 5.91 Å². The Morgan fingerprint density at radius 3 is 2.59 bits per heavy atom. The third-order valence-corrected chi connectivity index (χ3v) is 5.44. The van der Waals surface area contributed by atoms with Crippen molar-refractivity contribution in [3.05, 3.63) is 50.4 Å². The number of aliphatic hydroxyl groups excluding tert-OH is 1. The lowest BCUT2D eigenvalue weighted by Gasteiger charge is -2.30. The number of hydrogen-bond acceptors (Lipinski definition) is 6. The van der Waals surface area contributed by atoms with E-state index in [1.165, 1.54) is 11.3 Å². The predicted octanol–water partition coefficient (Wildman–Crippen LogP) is 0.0158. The lowest BCUT2D eigenvalue weighted by Crippen LogP contribution is -2.55. The summed E-state index contributed by atoms with van der Waals surface area (Å²) in [7, 11) is 0. The first-order valence-electron chi connectivity index (χ1n) is 8.10. The second kappa shape index (κ2) is 6.92. The number of benzene rings is 1. The fourth-order valence-electron chi connectivity index (χ4n) is 3.04. The van der Waals surface area contributed by atoms with Crippen LogP contribution in [-0.4, -0.2) is 39.5 Å². The lowest BCUT2D eigenvalue weighted by atomic mass is 9.77. The van der Waals surface area contributed by atoms with E-state index < -0.39 is 35.5 Å². The summed E-state index contributed by atoms with van der Waals surface area (Å²) in [6, 6.07) is 6.44. The molecule has 0 saturated heterocycles. The van der Waals surface area contributed by atoms with Crippen LogP contribution >= 0.6 is 11.3 Å². The second-order valence-electron chi connectivity index (χ2n) is 6.18. The van der Waals surface area contributed by atoms with Crippen molar-refractivity contribution in [2.45, 2.75) is 20.3 Å². The fraction of sp³-hybridized carbons (Fsp3) is 0.278. The van der Waals surface area contributed by atoms with E-state index in [0.29, 0.717) is 10.6 Å². The second-order valence-corrected chi connectivity index (χ2v) is 7.47. The van der Waals surface area contributed by atoms with Gasteiger partial charge in [0.15, 0.2) is 5.41 Å². The van der Waals surface area contributed by atoms with E-state index in [1.54, 1.807) is 38.1 Å². The zero-order valence-electron chi connectivity index (χ0n) is 14.6. The Morgan fingerprint density at radius 1 is 1.26 bits per heavy atom. The normalized spacial score (nSPS) is 18.6. The number of fused-ring (bicyclic) bond motifs is 1. The number of hydrogen-bond donors (Lipinski definition) is 3. The minimum absolute atomic E-state index is 0.154. The summed E-state index contributed by atoms with van der Waals surface area (Å²) in [6.45, 7) is 2.87. The molecule has 9 heteroatoms. The molecule has 1 unspecified atom stereocenters. The van der Waals surface area contributed by atoms with E-state index in [-0.39, 0.29) is 17.0 Å². The van der Waals surface area contributed by atoms with Crippen molar-refractivity contribution in [2.75, 3.05) is 6.54 Å². The van der Waals surface area contributed by atoms with E-state index in [4.69, 9.17) is 5.11 Å². The first-order valence-corrected chi connectivity index (χ1v) is 8.92. The number of amides is 2. The number of carbonyl (C=O) groups excluding carboxylic acids is 2. The molecule has 3 rings (SSSR count). The van der Waals surface area contributed by atoms with Crippen LogP contribution in [0.2, 0.25) is 0 Å². The number of carboxylic acid groups (broad SMARTS) is 1. The van der Waals surface area contributed by atoms with Gasteiger partial charge in [0.05, 0.1) is 16.1 Å². The van der Waals surface area contributed by atoms with E-state index in [2.05, 4.69) is 15.3 Å². The smallest absolute Gasteiger partial charge is 0.322 e. The van der Waals surface area contributed by atoms with Gasteiger partial charge < -0.3 is 15.5 Å². The average molecular weight is 387 g/mol. The van der Waals surface area contributed by atoms with Gasteiger partial charge in [-0.15, -0.1) is 11.3 Å². The maximum absolute atomic E-state index is 12.9. The van der Waals surface area contributed by atoms with Crippen molar-refractivity contribution >= 4 is 34.9 Å². The molecule has 0 bridgehead atoms. The highest BCUT2D eigenvalue weighted by Gasteiger charge is 2.52. The Hall–Kier alpha value is -3.07. The number of aliphatic carboxylic acids is 1. The van der Waals surface area contributed by atoms with Gasteiger partial charge in [-0.2, -0.15) is 0 Å². The third-order valence-electron chi connectivity index (χ3n) is 4.36. The number of rotatable bonds is 5. The maximum Gasteiger partial charge on any atom is 0.322 e. The van der Waals surface area contributed by atoms with Gasteiger partial charge in [0, 0.05) is 16.5 Å². The molecule has 3 N–H and O–H groups in total. The number of thiazole rings is 1. The summed E-state index contributed by atoms with van der Waals surface area (Å²) in [4.78, 5) is 45.6. The monoisotopic (exact) mass is 387 g/mol. The van der Waals surface area contributed by atoms with Crippen molar-refractivity contribution < 1.29 is 24.6 Å². The van der Waals surface area contributed by atoms with Gasteiger partial charge in [0.1, 0.15) is 12.3 Å². The summed E-state index contributed by atoms with van der Waals surface area (Å²) in [6.07, 6.45) is -0.154. The van der Waals surface area contributed by atoms with Gasteiger partial charge in [0.2, 0.25) is 5.91 Å².